The van der Waals surface area contributed by atoms with Crippen molar-refractivity contribution in [3.8, 4) is 5.69 Å². The van der Waals surface area contributed by atoms with Crippen LogP contribution in [0.2, 0.25) is 0 Å². The van der Waals surface area contributed by atoms with E-state index >= 15 is 0 Å². The van der Waals surface area contributed by atoms with Crippen molar-refractivity contribution in [1.82, 2.24) is 9.78 Å². The van der Waals surface area contributed by atoms with Crippen LogP contribution in [-0.2, 0) is 11.2 Å². The molecule has 2 aromatic rings. The zero-order valence-corrected chi connectivity index (χ0v) is 10.9. The zero-order chi connectivity index (χ0) is 15.6. The average Bonchev–Trinajstić information content (AvgIpc) is 2.79. The summed E-state index contributed by atoms with van der Waals surface area (Å²) in [5, 5.41) is 12.8. The third-order valence-corrected chi connectivity index (χ3v) is 2.84. The minimum Gasteiger partial charge on any atom is -0.478 e. The molecular formula is C13H11F3N2O3. The predicted octanol–water partition coefficient (Wildman–Crippen LogP) is 2.18. The van der Waals surface area contributed by atoms with Crippen LogP contribution >= 0.6 is 0 Å². The fourth-order valence-corrected chi connectivity index (χ4v) is 1.92. The molecule has 0 bridgehead atoms. The Kier molecular flexibility index (Phi) is 4.27. The highest BCUT2D eigenvalue weighted by Crippen LogP contribution is 2.22. The van der Waals surface area contributed by atoms with E-state index in [4.69, 9.17) is 9.84 Å². The topological polar surface area (TPSA) is 64.3 Å². The van der Waals surface area contributed by atoms with Crippen LogP contribution in [0.25, 0.3) is 5.69 Å². The standard InChI is InChI=1S/C13H11F3N2O3/c1-21-3-2-11-8(13(19)20)6-17-18(11)12-9(15)4-7(14)5-10(12)16/h4-6H,2-3H2,1H3,(H,19,20). The van der Waals surface area contributed by atoms with Crippen molar-refractivity contribution in [3.05, 3.63) is 47.0 Å². The van der Waals surface area contributed by atoms with E-state index < -0.39 is 29.1 Å². The van der Waals surface area contributed by atoms with Gasteiger partial charge in [0.05, 0.1) is 18.5 Å². The van der Waals surface area contributed by atoms with Crippen molar-refractivity contribution in [2.24, 2.45) is 0 Å². The molecule has 0 atom stereocenters. The van der Waals surface area contributed by atoms with Gasteiger partial charge < -0.3 is 9.84 Å². The smallest absolute Gasteiger partial charge is 0.339 e. The normalized spacial score (nSPS) is 10.9. The molecule has 0 saturated heterocycles. The first-order valence-electron chi connectivity index (χ1n) is 5.89. The van der Waals surface area contributed by atoms with Gasteiger partial charge in [-0.25, -0.2) is 22.6 Å². The number of carbonyl (C=O) groups is 1. The number of halogens is 3. The second kappa shape index (κ2) is 5.96. The van der Waals surface area contributed by atoms with Crippen molar-refractivity contribution >= 4 is 5.97 Å². The van der Waals surface area contributed by atoms with Crippen LogP contribution in [0.4, 0.5) is 13.2 Å². The first-order chi connectivity index (χ1) is 9.95. The zero-order valence-electron chi connectivity index (χ0n) is 10.9. The summed E-state index contributed by atoms with van der Waals surface area (Å²) < 4.78 is 46.2. The average molecular weight is 300 g/mol. The summed E-state index contributed by atoms with van der Waals surface area (Å²) in [5.41, 5.74) is -0.765. The van der Waals surface area contributed by atoms with Crippen molar-refractivity contribution in [3.63, 3.8) is 0 Å². The van der Waals surface area contributed by atoms with Crippen LogP contribution in [0, 0.1) is 17.5 Å². The van der Waals surface area contributed by atoms with Crippen LogP contribution in [0.3, 0.4) is 0 Å². The summed E-state index contributed by atoms with van der Waals surface area (Å²) in [4.78, 5) is 11.1. The lowest BCUT2D eigenvalue weighted by molar-refractivity contribution is 0.0695. The molecule has 0 aliphatic heterocycles. The lowest BCUT2D eigenvalue weighted by Gasteiger charge is -2.10. The van der Waals surface area contributed by atoms with Crippen LogP contribution in [-0.4, -0.2) is 34.6 Å². The van der Waals surface area contributed by atoms with Crippen LogP contribution < -0.4 is 0 Å². The summed E-state index contributed by atoms with van der Waals surface area (Å²) in [7, 11) is 1.40. The largest absolute Gasteiger partial charge is 0.478 e. The van der Waals surface area contributed by atoms with Crippen LogP contribution in [0.15, 0.2) is 18.3 Å². The van der Waals surface area contributed by atoms with E-state index in [0.29, 0.717) is 12.1 Å². The number of nitrogens with zero attached hydrogens (tertiary/aromatic N) is 2. The molecule has 0 radical (unpaired) electrons. The highest BCUT2D eigenvalue weighted by Gasteiger charge is 2.22. The van der Waals surface area contributed by atoms with Crippen molar-refractivity contribution in [2.45, 2.75) is 6.42 Å². The van der Waals surface area contributed by atoms with E-state index in [1.54, 1.807) is 0 Å². The van der Waals surface area contributed by atoms with E-state index in [0.717, 1.165) is 10.9 Å². The van der Waals surface area contributed by atoms with Gasteiger partial charge in [0.2, 0.25) is 0 Å². The summed E-state index contributed by atoms with van der Waals surface area (Å²) in [6.07, 6.45) is 1.06. The summed E-state index contributed by atoms with van der Waals surface area (Å²) in [5.74, 6) is -4.70. The third kappa shape index (κ3) is 2.89. The summed E-state index contributed by atoms with van der Waals surface area (Å²) in [6.45, 7) is 0.135. The molecule has 1 heterocycles. The van der Waals surface area contributed by atoms with Gasteiger partial charge >= 0.3 is 5.97 Å². The van der Waals surface area contributed by atoms with Gasteiger partial charge in [0.1, 0.15) is 17.1 Å². The maximum absolute atomic E-state index is 13.8. The van der Waals surface area contributed by atoms with E-state index in [2.05, 4.69) is 5.10 Å². The molecule has 0 unspecified atom stereocenters. The molecule has 1 aromatic heterocycles. The number of carboxylic acid groups (broad SMARTS) is 1. The van der Waals surface area contributed by atoms with E-state index in [-0.39, 0.29) is 24.3 Å². The molecule has 1 N–H and O–H groups in total. The second-order valence-corrected chi connectivity index (χ2v) is 4.18. The van der Waals surface area contributed by atoms with Gasteiger partial charge in [0.15, 0.2) is 11.6 Å². The van der Waals surface area contributed by atoms with Crippen LogP contribution in [0.5, 0.6) is 0 Å². The Bertz CT molecular complexity index is 662. The van der Waals surface area contributed by atoms with E-state index in [1.165, 1.54) is 7.11 Å². The molecule has 5 nitrogen and oxygen atoms in total. The first kappa shape index (κ1) is 15.0. The molecular weight excluding hydrogens is 289 g/mol. The Morgan fingerprint density at radius 3 is 2.48 bits per heavy atom. The lowest BCUT2D eigenvalue weighted by Crippen LogP contribution is -2.12. The number of aromatic carboxylic acids is 1. The predicted molar refractivity (Wildman–Crippen MR) is 66.0 cm³/mol. The minimum atomic E-state index is -1.28. The molecule has 0 aliphatic rings. The molecule has 1 aromatic carbocycles. The number of hydrogen-bond donors (Lipinski definition) is 1. The minimum absolute atomic E-state index is 0.0637. The molecule has 0 saturated carbocycles. The van der Waals surface area contributed by atoms with Crippen molar-refractivity contribution in [2.75, 3.05) is 13.7 Å². The second-order valence-electron chi connectivity index (χ2n) is 4.18. The number of rotatable bonds is 5. The number of aromatic nitrogens is 2. The number of methoxy groups -OCH3 is 1. The summed E-state index contributed by atoms with van der Waals surface area (Å²) >= 11 is 0. The van der Waals surface area contributed by atoms with Gasteiger partial charge in [0.25, 0.3) is 0 Å². The van der Waals surface area contributed by atoms with Gasteiger partial charge in [0, 0.05) is 25.7 Å². The maximum atomic E-state index is 13.8. The molecule has 2 rings (SSSR count). The highest BCUT2D eigenvalue weighted by molar-refractivity contribution is 5.88. The Morgan fingerprint density at radius 2 is 1.95 bits per heavy atom. The quantitative estimate of drug-likeness (QED) is 0.919. The fourth-order valence-electron chi connectivity index (χ4n) is 1.92. The summed E-state index contributed by atoms with van der Waals surface area (Å²) in [6, 6.07) is 1.00. The number of benzene rings is 1. The first-order valence-corrected chi connectivity index (χ1v) is 5.89. The van der Waals surface area contributed by atoms with Crippen LogP contribution in [0.1, 0.15) is 16.1 Å². The third-order valence-electron chi connectivity index (χ3n) is 2.84. The van der Waals surface area contributed by atoms with Gasteiger partial charge in [-0.05, 0) is 0 Å². The number of carboxylic acids is 1. The molecule has 8 heteroatoms. The fraction of sp³-hybridized carbons (Fsp3) is 0.231. The molecule has 112 valence electrons. The molecule has 0 spiro atoms. The monoisotopic (exact) mass is 300 g/mol. The van der Waals surface area contributed by atoms with Gasteiger partial charge in [-0.15, -0.1) is 0 Å². The SMILES string of the molecule is COCCc1c(C(=O)O)cnn1-c1c(F)cc(F)cc1F. The molecule has 0 amide bonds. The van der Waals surface area contributed by atoms with Gasteiger partial charge in [-0.3, -0.25) is 0 Å². The lowest BCUT2D eigenvalue weighted by atomic mass is 10.2. The molecule has 21 heavy (non-hydrogen) atoms. The Labute approximate surface area is 117 Å². The van der Waals surface area contributed by atoms with E-state index in [9.17, 15) is 18.0 Å². The highest BCUT2D eigenvalue weighted by atomic mass is 19.1. The molecule has 0 fully saturated rings. The molecule has 0 aliphatic carbocycles. The van der Waals surface area contributed by atoms with E-state index in [1.807, 2.05) is 0 Å². The maximum Gasteiger partial charge on any atom is 0.339 e. The Morgan fingerprint density at radius 1 is 1.33 bits per heavy atom. The number of hydrogen-bond acceptors (Lipinski definition) is 3. The van der Waals surface area contributed by atoms with Gasteiger partial charge in [-0.1, -0.05) is 0 Å². The van der Waals surface area contributed by atoms with Crippen molar-refractivity contribution in [1.29, 1.82) is 0 Å². The Hall–Kier alpha value is -2.35. The number of ether oxygens (including phenoxy) is 1. The Balaban J connectivity index is 2.61. The van der Waals surface area contributed by atoms with Gasteiger partial charge in [-0.2, -0.15) is 5.10 Å². The van der Waals surface area contributed by atoms with Crippen molar-refractivity contribution < 1.29 is 27.8 Å².